The van der Waals surface area contributed by atoms with Crippen molar-refractivity contribution in [2.45, 2.75) is 6.42 Å². The summed E-state index contributed by atoms with van der Waals surface area (Å²) in [5.41, 5.74) is 5.33. The van der Waals surface area contributed by atoms with Gasteiger partial charge in [-0.25, -0.2) is 4.98 Å². The van der Waals surface area contributed by atoms with Gasteiger partial charge in [0.05, 0.1) is 0 Å². The molecule has 1 radical (unpaired) electrons. The van der Waals surface area contributed by atoms with E-state index in [1.807, 2.05) is 0 Å². The molecule has 0 unspecified atom stereocenters. The number of aromatic nitrogens is 1. The summed E-state index contributed by atoms with van der Waals surface area (Å²) in [5, 5.41) is 0.628. The van der Waals surface area contributed by atoms with Gasteiger partial charge in [-0.15, -0.1) is 11.3 Å². The molecular weight excluding hydrogens is 120 g/mol. The lowest BCUT2D eigenvalue weighted by molar-refractivity contribution is 1.29. The van der Waals surface area contributed by atoms with Crippen molar-refractivity contribution in [3.05, 3.63) is 18.0 Å². The number of anilines is 1. The lowest BCUT2D eigenvalue weighted by Gasteiger charge is -1.77. The van der Waals surface area contributed by atoms with Crippen molar-refractivity contribution in [3.63, 3.8) is 0 Å². The van der Waals surface area contributed by atoms with Crippen molar-refractivity contribution >= 4 is 16.5 Å². The maximum atomic E-state index is 5.33. The fraction of sp³-hybridized carbons (Fsp3) is 0.200. The van der Waals surface area contributed by atoms with E-state index in [0.29, 0.717) is 5.13 Å². The maximum absolute atomic E-state index is 5.33. The minimum atomic E-state index is 0.628. The molecule has 1 aromatic rings. The van der Waals surface area contributed by atoms with Crippen LogP contribution in [0.1, 0.15) is 4.88 Å². The molecule has 0 aromatic carbocycles. The molecule has 43 valence electrons. The van der Waals surface area contributed by atoms with Gasteiger partial charge < -0.3 is 5.73 Å². The summed E-state index contributed by atoms with van der Waals surface area (Å²) in [4.78, 5) is 4.98. The van der Waals surface area contributed by atoms with Crippen LogP contribution in [-0.2, 0) is 6.42 Å². The number of rotatable bonds is 1. The predicted molar refractivity (Wildman–Crippen MR) is 35.6 cm³/mol. The van der Waals surface area contributed by atoms with E-state index in [1.54, 1.807) is 6.20 Å². The zero-order chi connectivity index (χ0) is 5.98. The smallest absolute Gasteiger partial charge is 0.180 e. The van der Waals surface area contributed by atoms with Gasteiger partial charge in [0.15, 0.2) is 5.13 Å². The summed E-state index contributed by atoms with van der Waals surface area (Å²) in [5.74, 6) is 0. The van der Waals surface area contributed by atoms with E-state index < -0.39 is 0 Å². The average Bonchev–Trinajstić information content (AvgIpc) is 2.14. The van der Waals surface area contributed by atoms with E-state index in [4.69, 9.17) is 5.73 Å². The molecular formula is C5H7N2S. The topological polar surface area (TPSA) is 38.9 Å². The lowest BCUT2D eigenvalue weighted by Crippen LogP contribution is -1.77. The van der Waals surface area contributed by atoms with Gasteiger partial charge in [-0.1, -0.05) is 0 Å². The van der Waals surface area contributed by atoms with Crippen molar-refractivity contribution in [2.75, 3.05) is 5.73 Å². The van der Waals surface area contributed by atoms with Gasteiger partial charge in [0.1, 0.15) is 0 Å². The third-order valence-corrected chi connectivity index (χ3v) is 1.70. The summed E-state index contributed by atoms with van der Waals surface area (Å²) in [7, 11) is 0. The van der Waals surface area contributed by atoms with E-state index in [0.717, 1.165) is 11.3 Å². The van der Waals surface area contributed by atoms with Crippen molar-refractivity contribution < 1.29 is 0 Å². The fourth-order valence-corrected chi connectivity index (χ4v) is 1.02. The van der Waals surface area contributed by atoms with E-state index in [2.05, 4.69) is 11.9 Å². The summed E-state index contributed by atoms with van der Waals surface area (Å²) in [6.07, 6.45) is 2.54. The van der Waals surface area contributed by atoms with E-state index in [-0.39, 0.29) is 0 Å². The molecule has 2 nitrogen and oxygen atoms in total. The van der Waals surface area contributed by atoms with E-state index in [9.17, 15) is 0 Å². The first-order valence-corrected chi connectivity index (χ1v) is 3.14. The highest BCUT2D eigenvalue weighted by atomic mass is 32.1. The molecule has 0 aliphatic rings. The molecule has 0 bridgehead atoms. The van der Waals surface area contributed by atoms with Crippen molar-refractivity contribution in [2.24, 2.45) is 0 Å². The molecule has 0 saturated carbocycles. The first-order chi connectivity index (χ1) is 3.83. The maximum Gasteiger partial charge on any atom is 0.180 e. The Labute approximate surface area is 52.4 Å². The van der Waals surface area contributed by atoms with Crippen LogP contribution in [-0.4, -0.2) is 4.98 Å². The first kappa shape index (κ1) is 5.56. The van der Waals surface area contributed by atoms with Gasteiger partial charge >= 0.3 is 0 Å². The van der Waals surface area contributed by atoms with E-state index >= 15 is 0 Å². The van der Waals surface area contributed by atoms with Crippen molar-refractivity contribution in [3.8, 4) is 0 Å². The quantitative estimate of drug-likeness (QED) is 0.613. The molecule has 1 heterocycles. The second kappa shape index (κ2) is 2.13. The van der Waals surface area contributed by atoms with Crippen LogP contribution in [0.2, 0.25) is 0 Å². The summed E-state index contributed by atoms with van der Waals surface area (Å²) in [6.45, 7) is 3.68. The SMILES string of the molecule is [CH2]Cc1cnc(N)s1. The number of hydrogen-bond donors (Lipinski definition) is 1. The Kier molecular flexibility index (Phi) is 1.48. The normalized spacial score (nSPS) is 9.62. The summed E-state index contributed by atoms with van der Waals surface area (Å²) >= 11 is 1.49. The Morgan fingerprint density at radius 2 is 2.62 bits per heavy atom. The Morgan fingerprint density at radius 3 is 2.88 bits per heavy atom. The number of nitrogens with zero attached hydrogens (tertiary/aromatic N) is 1. The Morgan fingerprint density at radius 1 is 1.88 bits per heavy atom. The second-order valence-corrected chi connectivity index (χ2v) is 2.56. The van der Waals surface area contributed by atoms with Crippen LogP contribution < -0.4 is 5.73 Å². The summed E-state index contributed by atoms with van der Waals surface area (Å²) < 4.78 is 0. The van der Waals surface area contributed by atoms with Crippen molar-refractivity contribution in [1.82, 2.24) is 4.98 Å². The Bertz CT molecular complexity index is 171. The van der Waals surface area contributed by atoms with Crippen molar-refractivity contribution in [1.29, 1.82) is 0 Å². The number of nitrogen functional groups attached to an aromatic ring is 1. The molecule has 0 saturated heterocycles. The van der Waals surface area contributed by atoms with Crippen LogP contribution in [0.5, 0.6) is 0 Å². The molecule has 1 rings (SSSR count). The largest absolute Gasteiger partial charge is 0.375 e. The Hall–Kier alpha value is -0.570. The number of nitrogens with two attached hydrogens (primary N) is 1. The molecule has 8 heavy (non-hydrogen) atoms. The molecule has 0 fully saturated rings. The van der Waals surface area contributed by atoms with Gasteiger partial charge in [-0.2, -0.15) is 0 Å². The highest BCUT2D eigenvalue weighted by Crippen LogP contribution is 2.13. The van der Waals surface area contributed by atoms with Crippen LogP contribution in [0.15, 0.2) is 6.20 Å². The monoisotopic (exact) mass is 127 g/mol. The predicted octanol–water partition coefficient (Wildman–Crippen LogP) is 1.10. The van der Waals surface area contributed by atoms with E-state index in [1.165, 1.54) is 11.3 Å². The molecule has 2 N–H and O–H groups in total. The molecule has 0 spiro atoms. The highest BCUT2D eigenvalue weighted by Gasteiger charge is 1.91. The van der Waals surface area contributed by atoms with Crippen LogP contribution >= 0.6 is 11.3 Å². The third-order valence-electron chi connectivity index (χ3n) is 0.818. The van der Waals surface area contributed by atoms with Crippen LogP contribution in [0.25, 0.3) is 0 Å². The second-order valence-electron chi connectivity index (χ2n) is 1.41. The van der Waals surface area contributed by atoms with Gasteiger partial charge in [0.2, 0.25) is 0 Å². The molecule has 0 aliphatic carbocycles. The van der Waals surface area contributed by atoms with Crippen LogP contribution in [0.4, 0.5) is 5.13 Å². The zero-order valence-electron chi connectivity index (χ0n) is 4.42. The van der Waals surface area contributed by atoms with Gasteiger partial charge in [-0.3, -0.25) is 0 Å². The minimum Gasteiger partial charge on any atom is -0.375 e. The van der Waals surface area contributed by atoms with Gasteiger partial charge in [0.25, 0.3) is 0 Å². The highest BCUT2D eigenvalue weighted by molar-refractivity contribution is 7.15. The molecule has 1 aromatic heterocycles. The molecule has 0 atom stereocenters. The number of hydrogen-bond acceptors (Lipinski definition) is 3. The molecule has 0 amide bonds. The summed E-state index contributed by atoms with van der Waals surface area (Å²) in [6, 6.07) is 0. The average molecular weight is 127 g/mol. The number of thiazole rings is 1. The van der Waals surface area contributed by atoms with Crippen LogP contribution in [0, 0.1) is 6.92 Å². The minimum absolute atomic E-state index is 0.628. The Balaban J connectivity index is 2.84. The molecule has 0 aliphatic heterocycles. The zero-order valence-corrected chi connectivity index (χ0v) is 5.24. The van der Waals surface area contributed by atoms with Gasteiger partial charge in [0, 0.05) is 11.1 Å². The lowest BCUT2D eigenvalue weighted by atomic mass is 10.4. The fourth-order valence-electron chi connectivity index (χ4n) is 0.438. The van der Waals surface area contributed by atoms with Crippen LogP contribution in [0.3, 0.4) is 0 Å². The first-order valence-electron chi connectivity index (χ1n) is 2.32. The third kappa shape index (κ3) is 0.980. The molecule has 3 heteroatoms. The van der Waals surface area contributed by atoms with Gasteiger partial charge in [-0.05, 0) is 13.3 Å². The standard InChI is InChI=1S/C5H7N2S/c1-2-4-3-7-5(6)8-4/h3H,1-2H2,(H2,6,7).